The number of likely N-dealkylation sites (tertiary alicyclic amines) is 1. The van der Waals surface area contributed by atoms with Crippen molar-refractivity contribution in [3.05, 3.63) is 43.0 Å². The second-order valence-electron chi connectivity index (χ2n) is 5.09. The Hall–Kier alpha value is -2.37. The summed E-state index contributed by atoms with van der Waals surface area (Å²) in [5.74, 6) is 0.641. The lowest BCUT2D eigenvalue weighted by atomic mass is 10.2. The van der Waals surface area contributed by atoms with Crippen molar-refractivity contribution in [3.8, 4) is 5.75 Å². The molecule has 0 aliphatic carbocycles. The van der Waals surface area contributed by atoms with Crippen molar-refractivity contribution >= 4 is 5.91 Å². The van der Waals surface area contributed by atoms with Gasteiger partial charge in [-0.2, -0.15) is 5.10 Å². The first-order valence-corrected chi connectivity index (χ1v) is 7.12. The van der Waals surface area contributed by atoms with E-state index in [4.69, 9.17) is 4.74 Å². The fourth-order valence-corrected chi connectivity index (χ4v) is 2.64. The van der Waals surface area contributed by atoms with Gasteiger partial charge in [0.2, 0.25) is 0 Å². The van der Waals surface area contributed by atoms with Crippen LogP contribution in [-0.4, -0.2) is 44.8 Å². The average molecular weight is 286 g/mol. The maximum Gasteiger partial charge on any atom is 0.260 e. The zero-order valence-electron chi connectivity index (χ0n) is 11.8. The molecular weight excluding hydrogens is 268 g/mol. The van der Waals surface area contributed by atoms with E-state index in [9.17, 15) is 4.79 Å². The average Bonchev–Trinajstić information content (AvgIpc) is 3.18. The summed E-state index contributed by atoms with van der Waals surface area (Å²) in [7, 11) is 0. The lowest BCUT2D eigenvalue weighted by Crippen LogP contribution is -2.40. The SMILES string of the molecule is O=C(COc1cccnc1)N1CCC[C@@H]1Cn1cccn1. The highest BCUT2D eigenvalue weighted by Gasteiger charge is 2.29. The van der Waals surface area contributed by atoms with Gasteiger partial charge in [-0.1, -0.05) is 0 Å². The van der Waals surface area contributed by atoms with Crippen molar-refractivity contribution in [2.24, 2.45) is 0 Å². The highest BCUT2D eigenvalue weighted by molar-refractivity contribution is 5.78. The lowest BCUT2D eigenvalue weighted by Gasteiger charge is -2.24. The molecule has 0 bridgehead atoms. The summed E-state index contributed by atoms with van der Waals surface area (Å²) in [6.07, 6.45) is 9.01. The Morgan fingerprint density at radius 3 is 3.10 bits per heavy atom. The normalized spacial score (nSPS) is 17.9. The van der Waals surface area contributed by atoms with Crippen LogP contribution in [0, 0.1) is 0 Å². The predicted octanol–water partition coefficient (Wildman–Crippen LogP) is 1.35. The number of nitrogens with zero attached hydrogens (tertiary/aromatic N) is 4. The second kappa shape index (κ2) is 6.39. The van der Waals surface area contributed by atoms with Crippen LogP contribution in [0.25, 0.3) is 0 Å². The first-order valence-electron chi connectivity index (χ1n) is 7.12. The minimum Gasteiger partial charge on any atom is -0.482 e. The molecule has 6 nitrogen and oxygen atoms in total. The van der Waals surface area contributed by atoms with Gasteiger partial charge in [-0.05, 0) is 31.0 Å². The fraction of sp³-hybridized carbons (Fsp3) is 0.400. The number of carbonyl (C=O) groups is 1. The molecule has 0 saturated carbocycles. The molecule has 3 heterocycles. The van der Waals surface area contributed by atoms with E-state index in [1.54, 1.807) is 30.7 Å². The highest BCUT2D eigenvalue weighted by atomic mass is 16.5. The van der Waals surface area contributed by atoms with E-state index in [2.05, 4.69) is 10.1 Å². The van der Waals surface area contributed by atoms with Crippen LogP contribution in [0.5, 0.6) is 5.75 Å². The number of ether oxygens (including phenoxy) is 1. The number of hydrogen-bond acceptors (Lipinski definition) is 4. The van der Waals surface area contributed by atoms with E-state index in [0.29, 0.717) is 5.75 Å². The minimum atomic E-state index is 0.0218. The lowest BCUT2D eigenvalue weighted by molar-refractivity contribution is -0.134. The van der Waals surface area contributed by atoms with Gasteiger partial charge in [0, 0.05) is 25.1 Å². The summed E-state index contributed by atoms with van der Waals surface area (Å²) in [6, 6.07) is 5.68. The Bertz CT molecular complexity index is 571. The molecule has 0 spiro atoms. The molecule has 110 valence electrons. The third-order valence-electron chi connectivity index (χ3n) is 3.65. The Morgan fingerprint density at radius 1 is 1.38 bits per heavy atom. The maximum absolute atomic E-state index is 12.3. The van der Waals surface area contributed by atoms with Gasteiger partial charge in [-0.15, -0.1) is 0 Å². The molecule has 6 heteroatoms. The zero-order valence-corrected chi connectivity index (χ0v) is 11.8. The van der Waals surface area contributed by atoms with E-state index in [1.165, 1.54) is 0 Å². The first kappa shape index (κ1) is 13.6. The van der Waals surface area contributed by atoms with Crippen molar-refractivity contribution in [3.63, 3.8) is 0 Å². The van der Waals surface area contributed by atoms with Gasteiger partial charge in [0.15, 0.2) is 6.61 Å². The number of pyridine rings is 1. The van der Waals surface area contributed by atoms with Crippen LogP contribution in [0.15, 0.2) is 43.0 Å². The monoisotopic (exact) mass is 286 g/mol. The quantitative estimate of drug-likeness (QED) is 0.832. The standard InChI is InChI=1S/C15H18N4O2/c20-15(12-21-14-5-1-6-16-10-14)19-9-2-4-13(19)11-18-8-3-7-17-18/h1,3,5-8,10,13H,2,4,9,11-12H2/t13-/m1/s1. The molecule has 21 heavy (non-hydrogen) atoms. The molecule has 1 saturated heterocycles. The summed E-state index contributed by atoms with van der Waals surface area (Å²) >= 11 is 0. The van der Waals surface area contributed by atoms with Crippen LogP contribution in [0.3, 0.4) is 0 Å². The van der Waals surface area contributed by atoms with Gasteiger partial charge in [-0.25, -0.2) is 0 Å². The molecule has 0 N–H and O–H groups in total. The van der Waals surface area contributed by atoms with Crippen molar-refractivity contribution in [1.29, 1.82) is 0 Å². The first-order chi connectivity index (χ1) is 10.3. The molecule has 2 aromatic rings. The van der Waals surface area contributed by atoms with E-state index in [1.807, 2.05) is 21.8 Å². The second-order valence-corrected chi connectivity index (χ2v) is 5.09. The summed E-state index contributed by atoms with van der Waals surface area (Å²) in [4.78, 5) is 18.2. The molecule has 0 unspecified atom stereocenters. The molecule has 0 radical (unpaired) electrons. The van der Waals surface area contributed by atoms with E-state index in [-0.39, 0.29) is 18.6 Å². The molecule has 1 aliphatic rings. The van der Waals surface area contributed by atoms with Crippen LogP contribution >= 0.6 is 0 Å². The van der Waals surface area contributed by atoms with Gasteiger partial charge in [0.05, 0.1) is 18.8 Å². The fourth-order valence-electron chi connectivity index (χ4n) is 2.64. The number of hydrogen-bond donors (Lipinski definition) is 0. The van der Waals surface area contributed by atoms with Crippen LogP contribution < -0.4 is 4.74 Å². The smallest absolute Gasteiger partial charge is 0.260 e. The minimum absolute atomic E-state index is 0.0218. The van der Waals surface area contributed by atoms with Gasteiger partial charge in [0.25, 0.3) is 5.91 Å². The van der Waals surface area contributed by atoms with E-state index >= 15 is 0 Å². The summed E-state index contributed by atoms with van der Waals surface area (Å²) in [5, 5.41) is 4.21. The summed E-state index contributed by atoms with van der Waals surface area (Å²) < 4.78 is 7.36. The van der Waals surface area contributed by atoms with Gasteiger partial charge in [0.1, 0.15) is 5.75 Å². The van der Waals surface area contributed by atoms with Crippen molar-refractivity contribution in [2.75, 3.05) is 13.2 Å². The zero-order chi connectivity index (χ0) is 14.5. The van der Waals surface area contributed by atoms with Crippen LogP contribution in [0.2, 0.25) is 0 Å². The van der Waals surface area contributed by atoms with Crippen molar-refractivity contribution in [1.82, 2.24) is 19.7 Å². The Balaban J connectivity index is 1.55. The maximum atomic E-state index is 12.3. The number of aromatic nitrogens is 3. The van der Waals surface area contributed by atoms with E-state index in [0.717, 1.165) is 25.9 Å². The third kappa shape index (κ3) is 3.39. The summed E-state index contributed by atoms with van der Waals surface area (Å²) in [5.41, 5.74) is 0. The molecule has 1 atom stereocenters. The van der Waals surface area contributed by atoms with Gasteiger partial charge >= 0.3 is 0 Å². The molecule has 3 rings (SSSR count). The number of carbonyl (C=O) groups excluding carboxylic acids is 1. The van der Waals surface area contributed by atoms with Crippen molar-refractivity contribution < 1.29 is 9.53 Å². The van der Waals surface area contributed by atoms with Crippen LogP contribution in [0.4, 0.5) is 0 Å². The van der Waals surface area contributed by atoms with Crippen LogP contribution in [-0.2, 0) is 11.3 Å². The number of amides is 1. The molecule has 1 fully saturated rings. The van der Waals surface area contributed by atoms with Crippen molar-refractivity contribution in [2.45, 2.75) is 25.4 Å². The topological polar surface area (TPSA) is 60.2 Å². The predicted molar refractivity (Wildman–Crippen MR) is 76.7 cm³/mol. The van der Waals surface area contributed by atoms with E-state index < -0.39 is 0 Å². The molecule has 0 aromatic carbocycles. The Labute approximate surface area is 123 Å². The van der Waals surface area contributed by atoms with Gasteiger partial charge in [-0.3, -0.25) is 14.5 Å². The molecule has 2 aromatic heterocycles. The van der Waals surface area contributed by atoms with Gasteiger partial charge < -0.3 is 9.64 Å². The Kier molecular flexibility index (Phi) is 4.14. The molecule has 1 aliphatic heterocycles. The molecule has 1 amide bonds. The van der Waals surface area contributed by atoms with Crippen LogP contribution in [0.1, 0.15) is 12.8 Å². The number of rotatable bonds is 5. The summed E-state index contributed by atoms with van der Waals surface area (Å²) in [6.45, 7) is 1.59. The highest BCUT2D eigenvalue weighted by Crippen LogP contribution is 2.19. The third-order valence-corrected chi connectivity index (χ3v) is 3.65. The molecular formula is C15H18N4O2. The largest absolute Gasteiger partial charge is 0.482 e. The Morgan fingerprint density at radius 2 is 2.33 bits per heavy atom.